The van der Waals surface area contributed by atoms with Crippen LogP contribution in [-0.2, 0) is 14.8 Å². The molecule has 7 nitrogen and oxygen atoms in total. The fourth-order valence-corrected chi connectivity index (χ4v) is 7.22. The van der Waals surface area contributed by atoms with E-state index in [1.165, 1.54) is 10.7 Å². The Balaban J connectivity index is 1.71. The van der Waals surface area contributed by atoms with E-state index >= 15 is 0 Å². The summed E-state index contributed by atoms with van der Waals surface area (Å²) in [6, 6.07) is 12.6. The van der Waals surface area contributed by atoms with Crippen molar-refractivity contribution in [3.05, 3.63) is 48.0 Å². The Morgan fingerprint density at radius 2 is 1.76 bits per heavy atom. The van der Waals surface area contributed by atoms with Gasteiger partial charge >= 0.3 is 0 Å². The molecule has 0 radical (unpaired) electrons. The van der Waals surface area contributed by atoms with Crippen molar-refractivity contribution in [3.8, 4) is 16.9 Å². The van der Waals surface area contributed by atoms with Gasteiger partial charge in [-0.25, -0.2) is 8.42 Å². The van der Waals surface area contributed by atoms with Crippen molar-refractivity contribution in [2.24, 2.45) is 11.8 Å². The monoisotopic (exact) mass is 528 g/mol. The molecule has 1 saturated carbocycles. The van der Waals surface area contributed by atoms with Gasteiger partial charge in [-0.05, 0) is 49.9 Å². The Labute approximate surface area is 221 Å². The lowest BCUT2D eigenvalue weighted by Gasteiger charge is -2.38. The lowest BCUT2D eigenvalue weighted by atomic mass is 9.88. The summed E-state index contributed by atoms with van der Waals surface area (Å²) in [5, 5.41) is 9.87. The van der Waals surface area contributed by atoms with E-state index in [1.807, 2.05) is 45.2 Å². The van der Waals surface area contributed by atoms with E-state index in [0.717, 1.165) is 42.4 Å². The molecule has 2 aromatic carbocycles. The standard InChI is InChI=1S/C29H40N2O5S/c1-20-10-12-23(13-11-20)25-14-15-28-26(16-25)36-27(18-30(4)29(33)24-8-6-5-7-9-24)21(2)17-31(22(3)19-32)37(28,34)35/h10-16,21-22,24,27,32H,5-9,17-19H2,1-4H3/t21-,22+,27+/m1/s1. The maximum absolute atomic E-state index is 13.7. The molecular weight excluding hydrogens is 488 g/mol. The van der Waals surface area contributed by atoms with Gasteiger partial charge in [0.1, 0.15) is 16.7 Å². The number of rotatable bonds is 6. The van der Waals surface area contributed by atoms with Crippen molar-refractivity contribution in [2.45, 2.75) is 69.9 Å². The third kappa shape index (κ3) is 6.02. The number of likely N-dealkylation sites (N-methyl/N-ethyl adjacent to an activating group) is 1. The van der Waals surface area contributed by atoms with Crippen molar-refractivity contribution in [3.63, 3.8) is 0 Å². The number of aliphatic hydroxyl groups is 1. The van der Waals surface area contributed by atoms with Gasteiger partial charge in [-0.2, -0.15) is 4.31 Å². The van der Waals surface area contributed by atoms with Gasteiger partial charge in [-0.15, -0.1) is 0 Å². The van der Waals surface area contributed by atoms with Gasteiger partial charge in [0.25, 0.3) is 0 Å². The number of nitrogens with zero attached hydrogens (tertiary/aromatic N) is 2. The van der Waals surface area contributed by atoms with Crippen molar-refractivity contribution in [2.75, 3.05) is 26.7 Å². The van der Waals surface area contributed by atoms with E-state index in [1.54, 1.807) is 30.0 Å². The molecule has 1 fully saturated rings. The van der Waals surface area contributed by atoms with Crippen LogP contribution in [0.1, 0.15) is 51.5 Å². The van der Waals surface area contributed by atoms with E-state index in [0.29, 0.717) is 6.54 Å². The number of hydrogen-bond donors (Lipinski definition) is 1. The van der Waals surface area contributed by atoms with Gasteiger partial charge < -0.3 is 14.7 Å². The first-order valence-electron chi connectivity index (χ1n) is 13.4. The molecule has 0 unspecified atom stereocenters. The number of aryl methyl sites for hydroxylation is 1. The van der Waals surface area contributed by atoms with Crippen LogP contribution in [0.4, 0.5) is 0 Å². The molecule has 0 spiro atoms. The summed E-state index contributed by atoms with van der Waals surface area (Å²) in [6.07, 6.45) is 4.79. The quantitative estimate of drug-likeness (QED) is 0.598. The minimum atomic E-state index is -3.91. The second-order valence-electron chi connectivity index (χ2n) is 10.8. The molecule has 3 atom stereocenters. The molecule has 2 aromatic rings. The highest BCUT2D eigenvalue weighted by molar-refractivity contribution is 7.89. The number of carbonyl (C=O) groups excluding carboxylic acids is 1. The third-order valence-electron chi connectivity index (χ3n) is 7.84. The van der Waals surface area contributed by atoms with E-state index in [2.05, 4.69) is 0 Å². The van der Waals surface area contributed by atoms with Crippen LogP contribution in [0.2, 0.25) is 0 Å². The minimum Gasteiger partial charge on any atom is -0.487 e. The zero-order valence-electron chi connectivity index (χ0n) is 22.4. The van der Waals surface area contributed by atoms with Crippen LogP contribution in [-0.4, -0.2) is 67.5 Å². The highest BCUT2D eigenvalue weighted by atomic mass is 32.2. The smallest absolute Gasteiger partial charge is 0.247 e. The second kappa shape index (κ2) is 11.5. The molecule has 0 bridgehead atoms. The summed E-state index contributed by atoms with van der Waals surface area (Å²) in [6.45, 7) is 5.96. The van der Waals surface area contributed by atoms with Gasteiger partial charge in [0, 0.05) is 31.5 Å². The maximum Gasteiger partial charge on any atom is 0.247 e. The fraction of sp³-hybridized carbons (Fsp3) is 0.552. The van der Waals surface area contributed by atoms with E-state index in [-0.39, 0.29) is 41.5 Å². The number of ether oxygens (including phenoxy) is 1. The predicted octanol–water partition coefficient (Wildman–Crippen LogP) is 4.47. The number of fused-ring (bicyclic) bond motifs is 1. The van der Waals surface area contributed by atoms with E-state index < -0.39 is 22.2 Å². The van der Waals surface area contributed by atoms with Crippen molar-refractivity contribution in [1.82, 2.24) is 9.21 Å². The van der Waals surface area contributed by atoms with E-state index in [4.69, 9.17) is 4.74 Å². The lowest BCUT2D eigenvalue weighted by Crippen LogP contribution is -2.50. The Morgan fingerprint density at radius 3 is 2.41 bits per heavy atom. The van der Waals surface area contributed by atoms with E-state index in [9.17, 15) is 18.3 Å². The second-order valence-corrected chi connectivity index (χ2v) is 12.7. The van der Waals surface area contributed by atoms with Crippen LogP contribution in [0.3, 0.4) is 0 Å². The molecule has 1 heterocycles. The third-order valence-corrected chi connectivity index (χ3v) is 9.86. The Hall–Kier alpha value is -2.42. The van der Waals surface area contributed by atoms with Gasteiger partial charge in [-0.1, -0.05) is 62.1 Å². The summed E-state index contributed by atoms with van der Waals surface area (Å²) in [5.41, 5.74) is 2.96. The van der Waals surface area contributed by atoms with Crippen LogP contribution in [0, 0.1) is 18.8 Å². The SMILES string of the molecule is Cc1ccc(-c2ccc3c(c2)O[C@@H](CN(C)C(=O)C2CCCCC2)[C@H](C)CN([C@@H](C)CO)S3(=O)=O)cc1. The van der Waals surface area contributed by atoms with Crippen molar-refractivity contribution >= 4 is 15.9 Å². The average molecular weight is 529 g/mol. The highest BCUT2D eigenvalue weighted by Crippen LogP contribution is 2.37. The van der Waals surface area contributed by atoms with Crippen molar-refractivity contribution in [1.29, 1.82) is 0 Å². The van der Waals surface area contributed by atoms with Gasteiger partial charge in [0.05, 0.1) is 13.2 Å². The molecule has 8 heteroatoms. The van der Waals surface area contributed by atoms with Crippen LogP contribution in [0.15, 0.2) is 47.4 Å². The minimum absolute atomic E-state index is 0.0503. The first-order valence-corrected chi connectivity index (χ1v) is 14.8. The van der Waals surface area contributed by atoms with Gasteiger partial charge in [-0.3, -0.25) is 4.79 Å². The molecule has 0 aromatic heterocycles. The largest absolute Gasteiger partial charge is 0.487 e. The van der Waals surface area contributed by atoms with Crippen LogP contribution in [0.25, 0.3) is 11.1 Å². The number of hydrogen-bond acceptors (Lipinski definition) is 5. The number of carbonyl (C=O) groups is 1. The zero-order valence-corrected chi connectivity index (χ0v) is 23.2. The number of benzene rings is 2. The topological polar surface area (TPSA) is 87.2 Å². The summed E-state index contributed by atoms with van der Waals surface area (Å²) >= 11 is 0. The molecule has 1 aliphatic carbocycles. The van der Waals surface area contributed by atoms with Gasteiger partial charge in [0.2, 0.25) is 15.9 Å². The maximum atomic E-state index is 13.7. The predicted molar refractivity (Wildman–Crippen MR) is 145 cm³/mol. The molecule has 202 valence electrons. The first-order chi connectivity index (χ1) is 17.6. The van der Waals surface area contributed by atoms with Crippen LogP contribution < -0.4 is 4.74 Å². The summed E-state index contributed by atoms with van der Waals surface area (Å²) in [5.74, 6) is 0.263. The average Bonchev–Trinajstić information content (AvgIpc) is 2.90. The van der Waals surface area contributed by atoms with Crippen LogP contribution >= 0.6 is 0 Å². The molecule has 2 aliphatic rings. The van der Waals surface area contributed by atoms with Crippen molar-refractivity contribution < 1.29 is 23.1 Å². The lowest BCUT2D eigenvalue weighted by molar-refractivity contribution is -0.136. The Kier molecular flexibility index (Phi) is 8.61. The Morgan fingerprint density at radius 1 is 1.11 bits per heavy atom. The molecule has 1 N–H and O–H groups in total. The fourth-order valence-electron chi connectivity index (χ4n) is 5.39. The molecule has 37 heavy (non-hydrogen) atoms. The molecule has 0 saturated heterocycles. The van der Waals surface area contributed by atoms with Gasteiger partial charge in [0.15, 0.2) is 0 Å². The number of aliphatic hydroxyl groups excluding tert-OH is 1. The first kappa shape index (κ1) is 27.6. The highest BCUT2D eigenvalue weighted by Gasteiger charge is 2.39. The molecule has 1 amide bonds. The summed E-state index contributed by atoms with van der Waals surface area (Å²) in [4.78, 5) is 15.0. The molecule has 1 aliphatic heterocycles. The number of amides is 1. The molecule has 4 rings (SSSR count). The number of sulfonamides is 1. The zero-order chi connectivity index (χ0) is 26.7. The summed E-state index contributed by atoms with van der Waals surface area (Å²) < 4.78 is 35.3. The summed E-state index contributed by atoms with van der Waals surface area (Å²) in [7, 11) is -2.09. The Bertz CT molecular complexity index is 1190. The van der Waals surface area contributed by atoms with Crippen LogP contribution in [0.5, 0.6) is 5.75 Å². The normalized spacial score (nSPS) is 23.3. The molecular formula is C29H40N2O5S.